The van der Waals surface area contributed by atoms with Crippen LogP contribution in [-0.2, 0) is 4.79 Å². The summed E-state index contributed by atoms with van der Waals surface area (Å²) in [5, 5.41) is 6.19. The molecule has 0 radical (unpaired) electrons. The maximum Gasteiger partial charge on any atom is 0.247 e. The van der Waals surface area contributed by atoms with E-state index in [0.717, 1.165) is 24.1 Å². The van der Waals surface area contributed by atoms with E-state index in [4.69, 9.17) is 0 Å². The van der Waals surface area contributed by atoms with E-state index in [0.29, 0.717) is 6.04 Å². The second-order valence-electron chi connectivity index (χ2n) is 5.28. The van der Waals surface area contributed by atoms with Crippen molar-refractivity contribution in [2.75, 3.05) is 5.32 Å². The fourth-order valence-corrected chi connectivity index (χ4v) is 2.17. The zero-order valence-corrected chi connectivity index (χ0v) is 11.6. The highest BCUT2D eigenvalue weighted by Crippen LogP contribution is 2.24. The number of nitrogens with one attached hydrogen (secondary N) is 2. The van der Waals surface area contributed by atoms with E-state index < -0.39 is 6.04 Å². The molecule has 1 amide bonds. The first kappa shape index (κ1) is 13.6. The zero-order chi connectivity index (χ0) is 14.7. The average molecular weight is 284 g/mol. The highest BCUT2D eigenvalue weighted by Gasteiger charge is 2.28. The lowest BCUT2D eigenvalue weighted by Crippen LogP contribution is -2.34. The van der Waals surface area contributed by atoms with Crippen LogP contribution in [0.4, 0.5) is 10.1 Å². The van der Waals surface area contributed by atoms with Crippen LogP contribution < -0.4 is 10.6 Å². The second-order valence-corrected chi connectivity index (χ2v) is 5.28. The second kappa shape index (κ2) is 5.95. The molecule has 0 heterocycles. The van der Waals surface area contributed by atoms with Crippen LogP contribution in [0.2, 0.25) is 0 Å². The molecule has 1 aliphatic rings. The fourth-order valence-electron chi connectivity index (χ4n) is 2.17. The summed E-state index contributed by atoms with van der Waals surface area (Å²) in [7, 11) is 0. The van der Waals surface area contributed by atoms with Crippen molar-refractivity contribution in [3.8, 4) is 0 Å². The molecule has 1 saturated carbocycles. The van der Waals surface area contributed by atoms with Crippen LogP contribution in [0.1, 0.15) is 24.4 Å². The van der Waals surface area contributed by atoms with Gasteiger partial charge in [-0.25, -0.2) is 4.39 Å². The molecule has 0 aliphatic heterocycles. The van der Waals surface area contributed by atoms with E-state index in [1.165, 1.54) is 12.1 Å². The summed E-state index contributed by atoms with van der Waals surface area (Å²) in [5.41, 5.74) is 1.61. The van der Waals surface area contributed by atoms with E-state index in [1.54, 1.807) is 12.1 Å². The smallest absolute Gasteiger partial charge is 0.247 e. The molecule has 3 nitrogen and oxygen atoms in total. The van der Waals surface area contributed by atoms with E-state index in [-0.39, 0.29) is 11.7 Å². The number of amides is 1. The maximum atomic E-state index is 13.0. The highest BCUT2D eigenvalue weighted by molar-refractivity contribution is 5.86. The van der Waals surface area contributed by atoms with Crippen molar-refractivity contribution in [3.63, 3.8) is 0 Å². The molecule has 0 aromatic heterocycles. The van der Waals surface area contributed by atoms with Gasteiger partial charge in [0.15, 0.2) is 0 Å². The molecule has 2 aromatic carbocycles. The summed E-state index contributed by atoms with van der Waals surface area (Å²) in [6, 6.07) is 15.4. The Morgan fingerprint density at radius 2 is 1.71 bits per heavy atom. The summed E-state index contributed by atoms with van der Waals surface area (Å²) in [6.45, 7) is 0. The van der Waals surface area contributed by atoms with Gasteiger partial charge in [-0.15, -0.1) is 0 Å². The van der Waals surface area contributed by atoms with Gasteiger partial charge in [0, 0.05) is 11.7 Å². The SMILES string of the molecule is O=C(NC1CC1)[C@@H](Nc1ccc(F)cc1)c1ccccc1. The first-order chi connectivity index (χ1) is 10.2. The Labute approximate surface area is 123 Å². The average Bonchev–Trinajstić information content (AvgIpc) is 3.31. The number of hydrogen-bond donors (Lipinski definition) is 2. The van der Waals surface area contributed by atoms with Crippen molar-refractivity contribution in [2.45, 2.75) is 24.9 Å². The molecule has 1 atom stereocenters. The summed E-state index contributed by atoms with van der Waals surface area (Å²) < 4.78 is 13.0. The van der Waals surface area contributed by atoms with Gasteiger partial charge >= 0.3 is 0 Å². The first-order valence-corrected chi connectivity index (χ1v) is 7.10. The van der Waals surface area contributed by atoms with Gasteiger partial charge in [-0.1, -0.05) is 30.3 Å². The van der Waals surface area contributed by atoms with Crippen LogP contribution in [0.15, 0.2) is 54.6 Å². The molecule has 3 rings (SSSR count). The lowest BCUT2D eigenvalue weighted by molar-refractivity contribution is -0.122. The molecule has 21 heavy (non-hydrogen) atoms. The van der Waals surface area contributed by atoms with Gasteiger partial charge in [0.05, 0.1) is 0 Å². The van der Waals surface area contributed by atoms with Gasteiger partial charge in [0.25, 0.3) is 0 Å². The summed E-state index contributed by atoms with van der Waals surface area (Å²) in [5.74, 6) is -0.340. The number of anilines is 1. The number of rotatable bonds is 5. The summed E-state index contributed by atoms with van der Waals surface area (Å²) in [6.07, 6.45) is 2.09. The third-order valence-corrected chi connectivity index (χ3v) is 3.47. The Hall–Kier alpha value is -2.36. The van der Waals surface area contributed by atoms with Crippen molar-refractivity contribution in [1.29, 1.82) is 0 Å². The molecule has 0 unspecified atom stereocenters. The molecule has 2 N–H and O–H groups in total. The van der Waals surface area contributed by atoms with Gasteiger partial charge in [0.1, 0.15) is 11.9 Å². The molecule has 0 bridgehead atoms. The predicted octanol–water partition coefficient (Wildman–Crippen LogP) is 3.26. The molecule has 2 aromatic rings. The number of carbonyl (C=O) groups excluding carboxylic acids is 1. The normalized spacial score (nSPS) is 15.3. The fraction of sp³-hybridized carbons (Fsp3) is 0.235. The molecule has 4 heteroatoms. The minimum Gasteiger partial charge on any atom is -0.370 e. The molecule has 1 aliphatic carbocycles. The first-order valence-electron chi connectivity index (χ1n) is 7.10. The molecule has 108 valence electrons. The van der Waals surface area contributed by atoms with E-state index in [9.17, 15) is 9.18 Å². The summed E-state index contributed by atoms with van der Waals surface area (Å²) >= 11 is 0. The third-order valence-electron chi connectivity index (χ3n) is 3.47. The van der Waals surface area contributed by atoms with Crippen molar-refractivity contribution < 1.29 is 9.18 Å². The van der Waals surface area contributed by atoms with Crippen LogP contribution in [0.3, 0.4) is 0 Å². The quantitative estimate of drug-likeness (QED) is 0.885. The molecular formula is C17H17FN2O. The highest BCUT2D eigenvalue weighted by atomic mass is 19.1. The van der Waals surface area contributed by atoms with E-state index in [1.807, 2.05) is 30.3 Å². The van der Waals surface area contributed by atoms with Crippen molar-refractivity contribution in [3.05, 3.63) is 66.0 Å². The maximum absolute atomic E-state index is 13.0. The third kappa shape index (κ3) is 3.60. The minimum absolute atomic E-state index is 0.0481. The largest absolute Gasteiger partial charge is 0.370 e. The Morgan fingerprint density at radius 3 is 2.33 bits per heavy atom. The van der Waals surface area contributed by atoms with Crippen LogP contribution in [0.25, 0.3) is 0 Å². The standard InChI is InChI=1S/C17H17FN2O/c18-13-6-8-14(9-7-13)19-16(12-4-2-1-3-5-12)17(21)20-15-10-11-15/h1-9,15-16,19H,10-11H2,(H,20,21)/t16-/m0/s1. The van der Waals surface area contributed by atoms with Crippen LogP contribution >= 0.6 is 0 Å². The molecule has 1 fully saturated rings. The summed E-state index contributed by atoms with van der Waals surface area (Å²) in [4.78, 5) is 12.4. The van der Waals surface area contributed by atoms with E-state index in [2.05, 4.69) is 10.6 Å². The van der Waals surface area contributed by atoms with Gasteiger partial charge in [-0.3, -0.25) is 4.79 Å². The number of benzene rings is 2. The van der Waals surface area contributed by atoms with Gasteiger partial charge in [-0.2, -0.15) is 0 Å². The van der Waals surface area contributed by atoms with Crippen LogP contribution in [0, 0.1) is 5.82 Å². The van der Waals surface area contributed by atoms with Gasteiger partial charge < -0.3 is 10.6 Å². The van der Waals surface area contributed by atoms with Crippen LogP contribution in [0.5, 0.6) is 0 Å². The van der Waals surface area contributed by atoms with Crippen LogP contribution in [-0.4, -0.2) is 11.9 Å². The lowest BCUT2D eigenvalue weighted by Gasteiger charge is -2.20. The van der Waals surface area contributed by atoms with Gasteiger partial charge in [0.2, 0.25) is 5.91 Å². The Kier molecular flexibility index (Phi) is 3.86. The molecule has 0 saturated heterocycles. The Morgan fingerprint density at radius 1 is 1.05 bits per heavy atom. The Balaban J connectivity index is 1.80. The topological polar surface area (TPSA) is 41.1 Å². The minimum atomic E-state index is -0.475. The molecular weight excluding hydrogens is 267 g/mol. The van der Waals surface area contributed by atoms with Crippen molar-refractivity contribution in [1.82, 2.24) is 5.32 Å². The number of carbonyl (C=O) groups is 1. The van der Waals surface area contributed by atoms with Crippen molar-refractivity contribution in [2.24, 2.45) is 0 Å². The van der Waals surface area contributed by atoms with Gasteiger partial charge in [-0.05, 0) is 42.7 Å². The van der Waals surface area contributed by atoms with Crippen molar-refractivity contribution >= 4 is 11.6 Å². The van der Waals surface area contributed by atoms with E-state index >= 15 is 0 Å². The Bertz CT molecular complexity index is 608. The zero-order valence-electron chi connectivity index (χ0n) is 11.6. The number of hydrogen-bond acceptors (Lipinski definition) is 2. The lowest BCUT2D eigenvalue weighted by atomic mass is 10.1. The molecule has 0 spiro atoms. The predicted molar refractivity (Wildman–Crippen MR) is 80.4 cm³/mol. The number of halogens is 1. The monoisotopic (exact) mass is 284 g/mol.